The summed E-state index contributed by atoms with van der Waals surface area (Å²) < 4.78 is 0.760. The predicted octanol–water partition coefficient (Wildman–Crippen LogP) is 3.75. The topological polar surface area (TPSA) is 97.5 Å². The molecule has 10 heteroatoms. The molecule has 4 aromatic heterocycles. The number of fused-ring (bicyclic) bond motifs is 1. The molecule has 0 unspecified atom stereocenters. The molecule has 0 bridgehead atoms. The van der Waals surface area contributed by atoms with Crippen LogP contribution in [0, 0.1) is 6.92 Å². The molecular formula is C14H11N5OS4. The van der Waals surface area contributed by atoms with Gasteiger partial charge in [0.1, 0.15) is 10.7 Å². The largest absolute Gasteiger partial charge is 0.374 e. The minimum absolute atomic E-state index is 0.102. The number of aryl methyl sites for hydroxylation is 1. The van der Waals surface area contributed by atoms with Crippen molar-refractivity contribution in [2.24, 2.45) is 0 Å². The maximum atomic E-state index is 12.5. The number of hydrogen-bond donors (Lipinski definition) is 2. The first-order valence-electron chi connectivity index (χ1n) is 6.89. The molecule has 4 rings (SSSR count). The van der Waals surface area contributed by atoms with Gasteiger partial charge in [0.05, 0.1) is 11.1 Å². The molecule has 0 radical (unpaired) electrons. The molecule has 3 N–H and O–H groups in total. The van der Waals surface area contributed by atoms with Gasteiger partial charge in [-0.05, 0) is 19.1 Å². The molecule has 4 heterocycles. The number of aromatic nitrogens is 4. The molecular weight excluding hydrogens is 382 g/mol. The van der Waals surface area contributed by atoms with Crippen LogP contribution in [0.5, 0.6) is 0 Å². The van der Waals surface area contributed by atoms with Crippen LogP contribution in [-0.4, -0.2) is 20.2 Å². The second-order valence-electron chi connectivity index (χ2n) is 4.95. The number of H-pyrrole nitrogens is 1. The molecule has 0 aliphatic carbocycles. The van der Waals surface area contributed by atoms with Gasteiger partial charge in [-0.1, -0.05) is 23.1 Å². The second-order valence-corrected chi connectivity index (χ2v) is 9.32. The first-order chi connectivity index (χ1) is 11.6. The van der Waals surface area contributed by atoms with E-state index in [0.717, 1.165) is 19.6 Å². The van der Waals surface area contributed by atoms with Gasteiger partial charge < -0.3 is 10.7 Å². The van der Waals surface area contributed by atoms with E-state index in [0.29, 0.717) is 22.1 Å². The Morgan fingerprint density at radius 3 is 2.88 bits per heavy atom. The van der Waals surface area contributed by atoms with Crippen LogP contribution in [0.2, 0.25) is 0 Å². The Morgan fingerprint density at radius 1 is 1.29 bits per heavy atom. The van der Waals surface area contributed by atoms with Crippen LogP contribution in [0.1, 0.15) is 10.7 Å². The molecule has 24 heavy (non-hydrogen) atoms. The van der Waals surface area contributed by atoms with Crippen molar-refractivity contribution in [3.8, 4) is 10.4 Å². The van der Waals surface area contributed by atoms with Gasteiger partial charge in [-0.15, -0.1) is 32.9 Å². The summed E-state index contributed by atoms with van der Waals surface area (Å²) in [5, 5.41) is 10.8. The number of aromatic amines is 1. The van der Waals surface area contributed by atoms with Gasteiger partial charge in [0.15, 0.2) is 4.34 Å². The molecule has 0 aliphatic heterocycles. The molecule has 122 valence electrons. The van der Waals surface area contributed by atoms with Crippen molar-refractivity contribution < 1.29 is 0 Å². The summed E-state index contributed by atoms with van der Waals surface area (Å²) in [7, 11) is 0. The van der Waals surface area contributed by atoms with E-state index in [-0.39, 0.29) is 5.56 Å². The molecule has 0 aromatic carbocycles. The number of thiophene rings is 2. The normalized spacial score (nSPS) is 11.4. The molecule has 0 saturated heterocycles. The number of hydrogen-bond acceptors (Lipinski definition) is 9. The van der Waals surface area contributed by atoms with E-state index in [1.807, 2.05) is 11.4 Å². The van der Waals surface area contributed by atoms with Crippen molar-refractivity contribution in [3.63, 3.8) is 0 Å². The van der Waals surface area contributed by atoms with Crippen LogP contribution in [-0.2, 0) is 5.75 Å². The number of nitrogens with two attached hydrogens (primary N) is 1. The summed E-state index contributed by atoms with van der Waals surface area (Å²) >= 11 is 5.95. The zero-order valence-corrected chi connectivity index (χ0v) is 15.7. The van der Waals surface area contributed by atoms with Gasteiger partial charge in [0, 0.05) is 20.7 Å². The second kappa shape index (κ2) is 6.28. The molecule has 0 amide bonds. The van der Waals surface area contributed by atoms with Crippen LogP contribution in [0.4, 0.5) is 5.13 Å². The lowest BCUT2D eigenvalue weighted by Crippen LogP contribution is -2.10. The number of rotatable bonds is 4. The van der Waals surface area contributed by atoms with Gasteiger partial charge in [-0.3, -0.25) is 4.79 Å². The standard InChI is InChI=1S/C14H11N5OS4/c1-6-2-3-8(23-6)7-4-21-12-10(7)11(20)16-9(17-12)5-22-14-19-18-13(15)24-14/h2-4H,5H2,1H3,(H2,15,18)(H,16,17,20). The van der Waals surface area contributed by atoms with Gasteiger partial charge in [0.25, 0.3) is 5.56 Å². The predicted molar refractivity (Wildman–Crippen MR) is 102 cm³/mol. The van der Waals surface area contributed by atoms with Crippen molar-refractivity contribution in [3.05, 3.63) is 38.6 Å². The van der Waals surface area contributed by atoms with Crippen LogP contribution in [0.25, 0.3) is 20.7 Å². The average molecular weight is 394 g/mol. The maximum Gasteiger partial charge on any atom is 0.260 e. The van der Waals surface area contributed by atoms with E-state index in [9.17, 15) is 4.79 Å². The van der Waals surface area contributed by atoms with Gasteiger partial charge in [-0.25, -0.2) is 4.98 Å². The minimum Gasteiger partial charge on any atom is -0.374 e. The zero-order chi connectivity index (χ0) is 16.7. The number of thioether (sulfide) groups is 1. The fourth-order valence-corrected chi connectivity index (χ4v) is 5.66. The third kappa shape index (κ3) is 2.97. The summed E-state index contributed by atoms with van der Waals surface area (Å²) in [5.41, 5.74) is 6.42. The summed E-state index contributed by atoms with van der Waals surface area (Å²) in [6.07, 6.45) is 0. The molecule has 0 atom stereocenters. The van der Waals surface area contributed by atoms with Crippen molar-refractivity contribution in [1.82, 2.24) is 20.2 Å². The third-order valence-electron chi connectivity index (χ3n) is 3.25. The number of nitrogens with zero attached hydrogens (tertiary/aromatic N) is 3. The van der Waals surface area contributed by atoms with E-state index in [4.69, 9.17) is 5.73 Å². The van der Waals surface area contributed by atoms with Crippen molar-refractivity contribution in [2.45, 2.75) is 17.0 Å². The smallest absolute Gasteiger partial charge is 0.260 e. The lowest BCUT2D eigenvalue weighted by Gasteiger charge is -2.00. The first kappa shape index (κ1) is 15.8. The Labute approximate surface area is 152 Å². The Hall–Kier alpha value is -1.75. The van der Waals surface area contributed by atoms with Gasteiger partial charge in [-0.2, -0.15) is 0 Å². The molecule has 0 saturated carbocycles. The first-order valence-corrected chi connectivity index (χ1v) is 10.4. The number of nitrogens with one attached hydrogen (secondary N) is 1. The molecule has 0 spiro atoms. The summed E-state index contributed by atoms with van der Waals surface area (Å²) in [6.45, 7) is 2.06. The molecule has 6 nitrogen and oxygen atoms in total. The SMILES string of the molecule is Cc1ccc(-c2csc3nc(CSc4nnc(N)s4)[nH]c(=O)c23)s1. The van der Waals surface area contributed by atoms with E-state index >= 15 is 0 Å². The number of anilines is 1. The minimum atomic E-state index is -0.102. The van der Waals surface area contributed by atoms with Crippen molar-refractivity contribution in [2.75, 3.05) is 5.73 Å². The summed E-state index contributed by atoms with van der Waals surface area (Å²) in [4.78, 5) is 23.1. The summed E-state index contributed by atoms with van der Waals surface area (Å²) in [6, 6.07) is 4.11. The van der Waals surface area contributed by atoms with Crippen LogP contribution in [0.15, 0.2) is 26.6 Å². The zero-order valence-electron chi connectivity index (χ0n) is 12.4. The highest BCUT2D eigenvalue weighted by molar-refractivity contribution is 8.00. The highest BCUT2D eigenvalue weighted by Gasteiger charge is 2.14. The lowest BCUT2D eigenvalue weighted by atomic mass is 10.2. The van der Waals surface area contributed by atoms with Crippen LogP contribution in [0.3, 0.4) is 0 Å². The fraction of sp³-hybridized carbons (Fsp3) is 0.143. The van der Waals surface area contributed by atoms with Crippen LogP contribution < -0.4 is 11.3 Å². The fourth-order valence-electron chi connectivity index (χ4n) is 2.23. The Balaban J connectivity index is 1.67. The molecule has 4 aromatic rings. The lowest BCUT2D eigenvalue weighted by molar-refractivity contribution is 1.01. The van der Waals surface area contributed by atoms with E-state index in [1.54, 1.807) is 11.3 Å². The number of nitrogen functional groups attached to an aromatic ring is 1. The molecule has 0 fully saturated rings. The van der Waals surface area contributed by atoms with Crippen molar-refractivity contribution in [1.29, 1.82) is 0 Å². The Kier molecular flexibility index (Phi) is 4.12. The van der Waals surface area contributed by atoms with Gasteiger partial charge in [0.2, 0.25) is 5.13 Å². The van der Waals surface area contributed by atoms with Crippen molar-refractivity contribution >= 4 is 61.1 Å². The highest BCUT2D eigenvalue weighted by Crippen LogP contribution is 2.35. The quantitative estimate of drug-likeness (QED) is 0.513. The van der Waals surface area contributed by atoms with E-state index < -0.39 is 0 Å². The van der Waals surface area contributed by atoms with Crippen LogP contribution >= 0.6 is 45.8 Å². The van der Waals surface area contributed by atoms with E-state index in [1.165, 1.54) is 39.3 Å². The Morgan fingerprint density at radius 2 is 2.17 bits per heavy atom. The van der Waals surface area contributed by atoms with Gasteiger partial charge >= 0.3 is 0 Å². The third-order valence-corrected chi connectivity index (χ3v) is 7.06. The Bertz CT molecular complexity index is 1080. The summed E-state index contributed by atoms with van der Waals surface area (Å²) in [5.74, 6) is 1.15. The average Bonchev–Trinajstić information content (AvgIpc) is 3.25. The monoisotopic (exact) mass is 393 g/mol. The molecule has 0 aliphatic rings. The maximum absolute atomic E-state index is 12.5. The van der Waals surface area contributed by atoms with E-state index in [2.05, 4.69) is 33.2 Å². The highest BCUT2D eigenvalue weighted by atomic mass is 32.2.